The monoisotopic (exact) mass is 435 g/mol. The molecule has 3 aromatic rings. The average molecular weight is 436 g/mol. The number of hydrogen-bond donors (Lipinski definition) is 0. The normalized spacial score (nSPS) is 16.4. The number of anilines is 2. The lowest BCUT2D eigenvalue weighted by molar-refractivity contribution is 0.0257. The van der Waals surface area contributed by atoms with E-state index >= 15 is 0 Å². The van der Waals surface area contributed by atoms with Crippen molar-refractivity contribution in [1.82, 2.24) is 25.0 Å². The quantitative estimate of drug-likeness (QED) is 0.617. The highest BCUT2D eigenvalue weighted by Gasteiger charge is 2.40. The summed E-state index contributed by atoms with van der Waals surface area (Å²) in [5, 5.41) is 9.09. The summed E-state index contributed by atoms with van der Waals surface area (Å²) in [6, 6.07) is 7.46. The Labute approximate surface area is 178 Å². The van der Waals surface area contributed by atoms with Gasteiger partial charge >= 0.3 is 0 Å². The van der Waals surface area contributed by atoms with Gasteiger partial charge in [-0.1, -0.05) is 35.0 Å². The Kier molecular flexibility index (Phi) is 5.04. The fourth-order valence-electron chi connectivity index (χ4n) is 3.31. The standard InChI is InChI=1S/C20H24ClF2N7/c1-19(2,3)28(4)18-24-16(29-10-9-20(22,23)12-29)15-17(25-18)30(27-26-15)11-13-7-5-6-8-14(13)21/h5-8H,9-12H2,1-4H3. The molecule has 0 N–H and O–H groups in total. The van der Waals surface area contributed by atoms with Crippen LogP contribution in [0.5, 0.6) is 0 Å². The maximum atomic E-state index is 13.9. The second kappa shape index (κ2) is 7.30. The van der Waals surface area contributed by atoms with Crippen molar-refractivity contribution in [2.75, 3.05) is 29.9 Å². The number of aromatic nitrogens is 5. The molecule has 3 heterocycles. The van der Waals surface area contributed by atoms with Crippen molar-refractivity contribution in [3.8, 4) is 0 Å². The van der Waals surface area contributed by atoms with E-state index in [1.807, 2.05) is 57.0 Å². The van der Waals surface area contributed by atoms with Crippen molar-refractivity contribution in [3.63, 3.8) is 0 Å². The first-order valence-corrected chi connectivity index (χ1v) is 10.1. The number of rotatable bonds is 4. The number of nitrogens with zero attached hydrogens (tertiary/aromatic N) is 7. The minimum Gasteiger partial charge on any atom is -0.348 e. The SMILES string of the molecule is CN(c1nc(N2CCC(F)(F)C2)c2nnn(Cc3ccccc3Cl)c2n1)C(C)(C)C. The first kappa shape index (κ1) is 20.7. The summed E-state index contributed by atoms with van der Waals surface area (Å²) < 4.78 is 29.5. The van der Waals surface area contributed by atoms with Crippen molar-refractivity contribution in [1.29, 1.82) is 0 Å². The summed E-state index contributed by atoms with van der Waals surface area (Å²) in [6.45, 7) is 6.27. The van der Waals surface area contributed by atoms with Gasteiger partial charge in [0.05, 0.1) is 13.1 Å². The lowest BCUT2D eigenvalue weighted by Gasteiger charge is -2.32. The van der Waals surface area contributed by atoms with E-state index in [4.69, 9.17) is 16.6 Å². The maximum absolute atomic E-state index is 13.9. The van der Waals surface area contributed by atoms with Crippen LogP contribution in [-0.2, 0) is 6.54 Å². The summed E-state index contributed by atoms with van der Waals surface area (Å²) in [4.78, 5) is 12.8. The summed E-state index contributed by atoms with van der Waals surface area (Å²) >= 11 is 6.31. The third-order valence-corrected chi connectivity index (χ3v) is 5.75. The van der Waals surface area contributed by atoms with Crippen LogP contribution in [0.15, 0.2) is 24.3 Å². The van der Waals surface area contributed by atoms with E-state index in [0.29, 0.717) is 34.5 Å². The Morgan fingerprint density at radius 1 is 1.20 bits per heavy atom. The molecule has 1 aromatic carbocycles. The van der Waals surface area contributed by atoms with Crippen LogP contribution < -0.4 is 9.80 Å². The molecule has 1 fully saturated rings. The molecule has 0 saturated carbocycles. The van der Waals surface area contributed by atoms with Crippen LogP contribution in [0, 0.1) is 0 Å². The Balaban J connectivity index is 1.84. The minimum atomic E-state index is -2.75. The highest BCUT2D eigenvalue weighted by molar-refractivity contribution is 6.31. The lowest BCUT2D eigenvalue weighted by Crippen LogP contribution is -2.39. The van der Waals surface area contributed by atoms with Gasteiger partial charge in [0.1, 0.15) is 0 Å². The molecular weight excluding hydrogens is 412 g/mol. The Morgan fingerprint density at radius 2 is 1.93 bits per heavy atom. The van der Waals surface area contributed by atoms with Crippen molar-refractivity contribution in [2.45, 2.75) is 45.2 Å². The van der Waals surface area contributed by atoms with Gasteiger partial charge in [0.25, 0.3) is 5.92 Å². The Bertz CT molecular complexity index is 1080. The van der Waals surface area contributed by atoms with Gasteiger partial charge in [0.15, 0.2) is 17.0 Å². The zero-order valence-corrected chi connectivity index (χ0v) is 18.2. The zero-order valence-electron chi connectivity index (χ0n) is 17.4. The van der Waals surface area contributed by atoms with Crippen LogP contribution >= 0.6 is 11.6 Å². The van der Waals surface area contributed by atoms with E-state index in [1.165, 1.54) is 0 Å². The first-order chi connectivity index (χ1) is 14.0. The van der Waals surface area contributed by atoms with Gasteiger partial charge < -0.3 is 9.80 Å². The molecule has 4 rings (SSSR count). The van der Waals surface area contributed by atoms with Gasteiger partial charge in [-0.15, -0.1) is 5.10 Å². The van der Waals surface area contributed by atoms with E-state index in [1.54, 1.807) is 9.58 Å². The molecule has 0 unspecified atom stereocenters. The lowest BCUT2D eigenvalue weighted by atomic mass is 10.1. The number of hydrogen-bond acceptors (Lipinski definition) is 6. The van der Waals surface area contributed by atoms with Crippen molar-refractivity contribution in [3.05, 3.63) is 34.9 Å². The van der Waals surface area contributed by atoms with E-state index in [2.05, 4.69) is 15.3 Å². The molecule has 1 saturated heterocycles. The number of benzene rings is 1. The molecule has 0 amide bonds. The molecule has 30 heavy (non-hydrogen) atoms. The molecule has 0 spiro atoms. The summed E-state index contributed by atoms with van der Waals surface area (Å²) in [5.41, 5.74) is 1.50. The van der Waals surface area contributed by atoms with Crippen LogP contribution in [0.2, 0.25) is 5.02 Å². The first-order valence-electron chi connectivity index (χ1n) is 9.76. The fourth-order valence-corrected chi connectivity index (χ4v) is 3.51. The Hall–Kier alpha value is -2.55. The predicted molar refractivity (Wildman–Crippen MR) is 114 cm³/mol. The van der Waals surface area contributed by atoms with E-state index in [-0.39, 0.29) is 18.5 Å². The molecule has 0 radical (unpaired) electrons. The van der Waals surface area contributed by atoms with E-state index in [9.17, 15) is 8.78 Å². The molecule has 160 valence electrons. The molecular formula is C20H24ClF2N7. The van der Waals surface area contributed by atoms with Crippen LogP contribution in [0.4, 0.5) is 20.5 Å². The van der Waals surface area contributed by atoms with E-state index in [0.717, 1.165) is 5.56 Å². The van der Waals surface area contributed by atoms with Crippen LogP contribution in [0.3, 0.4) is 0 Å². The van der Waals surface area contributed by atoms with Gasteiger partial charge in [-0.25, -0.2) is 13.5 Å². The number of alkyl halides is 2. The second-order valence-electron chi connectivity index (χ2n) is 8.62. The van der Waals surface area contributed by atoms with Crippen LogP contribution in [0.25, 0.3) is 11.2 Å². The summed E-state index contributed by atoms with van der Waals surface area (Å²) in [7, 11) is 1.88. The summed E-state index contributed by atoms with van der Waals surface area (Å²) in [6.07, 6.45) is -0.212. The fraction of sp³-hybridized carbons (Fsp3) is 0.500. The van der Waals surface area contributed by atoms with Crippen molar-refractivity contribution >= 4 is 34.5 Å². The predicted octanol–water partition coefficient (Wildman–Crippen LogP) is 4.00. The average Bonchev–Trinajstić information content (AvgIpc) is 3.24. The third kappa shape index (κ3) is 3.90. The molecule has 7 nitrogen and oxygen atoms in total. The second-order valence-corrected chi connectivity index (χ2v) is 9.02. The number of halogens is 3. The molecule has 0 aliphatic carbocycles. The largest absolute Gasteiger partial charge is 0.348 e. The summed E-state index contributed by atoms with van der Waals surface area (Å²) in [5.74, 6) is -1.93. The highest BCUT2D eigenvalue weighted by atomic mass is 35.5. The van der Waals surface area contributed by atoms with Crippen molar-refractivity contribution < 1.29 is 8.78 Å². The third-order valence-electron chi connectivity index (χ3n) is 5.39. The van der Waals surface area contributed by atoms with Gasteiger partial charge in [-0.3, -0.25) is 0 Å². The molecule has 10 heteroatoms. The van der Waals surface area contributed by atoms with Gasteiger partial charge in [0, 0.05) is 30.6 Å². The molecule has 0 bridgehead atoms. The molecule has 1 aliphatic rings. The highest BCUT2D eigenvalue weighted by Crippen LogP contribution is 2.34. The minimum absolute atomic E-state index is 0.204. The topological polar surface area (TPSA) is 63.0 Å². The molecule has 2 aromatic heterocycles. The van der Waals surface area contributed by atoms with E-state index < -0.39 is 12.5 Å². The Morgan fingerprint density at radius 3 is 2.57 bits per heavy atom. The van der Waals surface area contributed by atoms with Gasteiger partial charge in [-0.2, -0.15) is 9.97 Å². The molecule has 1 aliphatic heterocycles. The smallest absolute Gasteiger partial charge is 0.266 e. The van der Waals surface area contributed by atoms with Gasteiger partial charge in [-0.05, 0) is 32.4 Å². The number of fused-ring (bicyclic) bond motifs is 1. The zero-order chi connectivity index (χ0) is 21.7. The van der Waals surface area contributed by atoms with Crippen LogP contribution in [0.1, 0.15) is 32.8 Å². The van der Waals surface area contributed by atoms with Crippen molar-refractivity contribution in [2.24, 2.45) is 0 Å². The molecule has 0 atom stereocenters. The maximum Gasteiger partial charge on any atom is 0.266 e. The van der Waals surface area contributed by atoms with Gasteiger partial charge in [0.2, 0.25) is 5.95 Å². The van der Waals surface area contributed by atoms with Crippen LogP contribution in [-0.4, -0.2) is 56.6 Å².